The Kier molecular flexibility index (Phi) is 2.95. The van der Waals surface area contributed by atoms with Crippen LogP contribution in [0.1, 0.15) is 46.5 Å². The van der Waals surface area contributed by atoms with E-state index in [-0.39, 0.29) is 12.3 Å². The highest BCUT2D eigenvalue weighted by Crippen LogP contribution is 2.59. The van der Waals surface area contributed by atoms with Gasteiger partial charge in [0.2, 0.25) is 5.60 Å². The molecule has 0 N–H and O–H groups in total. The molecule has 2 nitrogen and oxygen atoms in total. The van der Waals surface area contributed by atoms with Crippen LogP contribution in [-0.2, 0) is 9.53 Å². The molecule has 0 aromatic carbocycles. The van der Waals surface area contributed by atoms with Crippen molar-refractivity contribution in [3.05, 3.63) is 0 Å². The number of halogens is 3. The Bertz CT molecular complexity index is 356. The van der Waals surface area contributed by atoms with Crippen LogP contribution < -0.4 is 0 Å². The van der Waals surface area contributed by atoms with Crippen LogP contribution in [0, 0.1) is 17.3 Å². The van der Waals surface area contributed by atoms with E-state index in [0.29, 0.717) is 12.8 Å². The third-order valence-corrected chi connectivity index (χ3v) is 4.16. The predicted molar refractivity (Wildman–Crippen MR) is 59.8 cm³/mol. The van der Waals surface area contributed by atoms with Crippen LogP contribution >= 0.6 is 0 Å². The van der Waals surface area contributed by atoms with Gasteiger partial charge in [0.25, 0.3) is 0 Å². The Balaban J connectivity index is 2.26. The largest absolute Gasteiger partial charge is 0.449 e. The molecule has 0 aliphatic heterocycles. The number of hydrogen-bond acceptors (Lipinski definition) is 2. The zero-order valence-corrected chi connectivity index (χ0v) is 10.9. The molecule has 0 aromatic heterocycles. The lowest BCUT2D eigenvalue weighted by Gasteiger charge is -2.40. The van der Waals surface area contributed by atoms with Gasteiger partial charge in [-0.3, -0.25) is 4.79 Å². The minimum absolute atomic E-state index is 0.0526. The minimum atomic E-state index is -4.46. The van der Waals surface area contributed by atoms with Crippen LogP contribution in [0.15, 0.2) is 0 Å². The number of carbonyl (C=O) groups is 1. The van der Waals surface area contributed by atoms with Crippen LogP contribution in [-0.4, -0.2) is 17.7 Å². The number of rotatable bonds is 1. The van der Waals surface area contributed by atoms with Gasteiger partial charge in [0.05, 0.1) is 5.41 Å². The molecular weight excluding hydrogens is 245 g/mol. The normalized spacial score (nSPS) is 35.9. The molecule has 0 heterocycles. The molecule has 0 saturated heterocycles. The third-order valence-electron chi connectivity index (χ3n) is 4.16. The summed E-state index contributed by atoms with van der Waals surface area (Å²) in [6, 6.07) is 0. The summed E-state index contributed by atoms with van der Waals surface area (Å²) in [5, 5.41) is 0. The monoisotopic (exact) mass is 264 g/mol. The summed E-state index contributed by atoms with van der Waals surface area (Å²) in [4.78, 5) is 11.8. The average molecular weight is 264 g/mol. The van der Waals surface area contributed by atoms with Crippen molar-refractivity contribution >= 4 is 5.97 Å². The fourth-order valence-electron chi connectivity index (χ4n) is 3.13. The van der Waals surface area contributed by atoms with E-state index in [2.05, 4.69) is 0 Å². The first-order valence-electron chi connectivity index (χ1n) is 6.36. The summed E-state index contributed by atoms with van der Waals surface area (Å²) in [5.74, 6) is -1.24. The summed E-state index contributed by atoms with van der Waals surface area (Å²) in [5.41, 5.74) is -3.12. The Labute approximate surface area is 105 Å². The molecule has 3 unspecified atom stereocenters. The molecule has 2 aliphatic rings. The molecule has 2 rings (SSSR count). The second-order valence-electron chi connectivity index (χ2n) is 6.61. The molecule has 2 bridgehead atoms. The molecule has 5 heteroatoms. The maximum atomic E-state index is 13.3. The summed E-state index contributed by atoms with van der Waals surface area (Å²) in [6.07, 6.45) is -2.63. The number of ether oxygens (including phenoxy) is 1. The second kappa shape index (κ2) is 3.87. The summed E-state index contributed by atoms with van der Waals surface area (Å²) in [6.45, 7) is 4.73. The van der Waals surface area contributed by atoms with E-state index in [0.717, 1.165) is 6.42 Å². The van der Waals surface area contributed by atoms with Crippen LogP contribution in [0.2, 0.25) is 0 Å². The molecule has 2 saturated carbocycles. The van der Waals surface area contributed by atoms with E-state index >= 15 is 0 Å². The van der Waals surface area contributed by atoms with E-state index < -0.39 is 29.1 Å². The first kappa shape index (κ1) is 13.7. The van der Waals surface area contributed by atoms with E-state index in [1.807, 2.05) is 0 Å². The molecular formula is C13H19F3O2. The quantitative estimate of drug-likeness (QED) is 0.675. The van der Waals surface area contributed by atoms with Gasteiger partial charge in [-0.25, -0.2) is 0 Å². The maximum absolute atomic E-state index is 13.3. The molecule has 104 valence electrons. The Hall–Kier alpha value is -0.740. The number of carbonyl (C=O) groups excluding carboxylic acids is 1. The van der Waals surface area contributed by atoms with Crippen LogP contribution in [0.5, 0.6) is 0 Å². The summed E-state index contributed by atoms with van der Waals surface area (Å²) >= 11 is 0. The number of alkyl halides is 3. The highest BCUT2D eigenvalue weighted by Gasteiger charge is 2.68. The topological polar surface area (TPSA) is 26.3 Å². The first-order chi connectivity index (χ1) is 8.06. The van der Waals surface area contributed by atoms with Crippen molar-refractivity contribution in [2.75, 3.05) is 0 Å². The lowest BCUT2D eigenvalue weighted by atomic mass is 9.82. The van der Waals surface area contributed by atoms with E-state index in [1.165, 1.54) is 0 Å². The van der Waals surface area contributed by atoms with E-state index in [4.69, 9.17) is 4.74 Å². The maximum Gasteiger partial charge on any atom is 0.428 e. The van der Waals surface area contributed by atoms with Gasteiger partial charge >= 0.3 is 12.1 Å². The number of hydrogen-bond donors (Lipinski definition) is 0. The Morgan fingerprint density at radius 3 is 2.17 bits per heavy atom. The third kappa shape index (κ3) is 2.01. The van der Waals surface area contributed by atoms with Gasteiger partial charge in [-0.15, -0.1) is 0 Å². The van der Waals surface area contributed by atoms with Crippen LogP contribution in [0.3, 0.4) is 0 Å². The fraction of sp³-hybridized carbons (Fsp3) is 0.923. The number of fused-ring (bicyclic) bond motifs is 2. The van der Waals surface area contributed by atoms with Crippen molar-refractivity contribution in [1.29, 1.82) is 0 Å². The smallest absolute Gasteiger partial charge is 0.428 e. The SMILES string of the molecule is CC(C)(C)C(=O)OC1(C(F)(F)F)CC2CCC1C2. The molecule has 3 atom stereocenters. The fourth-order valence-corrected chi connectivity index (χ4v) is 3.13. The van der Waals surface area contributed by atoms with Gasteiger partial charge in [0.1, 0.15) is 0 Å². The van der Waals surface area contributed by atoms with Crippen molar-refractivity contribution in [3.63, 3.8) is 0 Å². The molecule has 2 aliphatic carbocycles. The molecule has 0 spiro atoms. The minimum Gasteiger partial charge on any atom is -0.449 e. The van der Waals surface area contributed by atoms with Crippen molar-refractivity contribution < 1.29 is 22.7 Å². The molecule has 0 aromatic rings. The molecule has 0 radical (unpaired) electrons. The van der Waals surface area contributed by atoms with Gasteiger partial charge in [0.15, 0.2) is 0 Å². The zero-order valence-electron chi connectivity index (χ0n) is 10.9. The highest BCUT2D eigenvalue weighted by molar-refractivity contribution is 5.76. The van der Waals surface area contributed by atoms with Gasteiger partial charge in [0, 0.05) is 5.92 Å². The van der Waals surface area contributed by atoms with Crippen LogP contribution in [0.25, 0.3) is 0 Å². The van der Waals surface area contributed by atoms with Gasteiger partial charge in [-0.05, 0) is 52.4 Å². The first-order valence-corrected chi connectivity index (χ1v) is 6.36. The van der Waals surface area contributed by atoms with Gasteiger partial charge < -0.3 is 4.74 Å². The van der Waals surface area contributed by atoms with Gasteiger partial charge in [-0.2, -0.15) is 13.2 Å². The van der Waals surface area contributed by atoms with E-state index in [1.54, 1.807) is 20.8 Å². The van der Waals surface area contributed by atoms with Crippen molar-refractivity contribution in [3.8, 4) is 0 Å². The molecule has 18 heavy (non-hydrogen) atoms. The standard InChI is InChI=1S/C13H19F3O2/c1-11(2,3)10(17)18-12(13(14,15)16)7-8-4-5-9(12)6-8/h8-9H,4-7H2,1-3H3. The lowest BCUT2D eigenvalue weighted by Crippen LogP contribution is -2.54. The van der Waals surface area contributed by atoms with Crippen molar-refractivity contribution in [2.24, 2.45) is 17.3 Å². The number of esters is 1. The predicted octanol–water partition coefficient (Wildman–Crippen LogP) is 3.70. The summed E-state index contributed by atoms with van der Waals surface area (Å²) in [7, 11) is 0. The van der Waals surface area contributed by atoms with Crippen molar-refractivity contribution in [1.82, 2.24) is 0 Å². The zero-order chi connectivity index (χ0) is 13.8. The average Bonchev–Trinajstić information content (AvgIpc) is 2.74. The van der Waals surface area contributed by atoms with Crippen molar-refractivity contribution in [2.45, 2.75) is 58.2 Å². The summed E-state index contributed by atoms with van der Waals surface area (Å²) < 4.78 is 45.0. The van der Waals surface area contributed by atoms with Gasteiger partial charge in [-0.1, -0.05) is 0 Å². The Morgan fingerprint density at radius 1 is 1.22 bits per heavy atom. The molecule has 2 fully saturated rings. The Morgan fingerprint density at radius 2 is 1.83 bits per heavy atom. The molecule has 0 amide bonds. The van der Waals surface area contributed by atoms with E-state index in [9.17, 15) is 18.0 Å². The second-order valence-corrected chi connectivity index (χ2v) is 6.61. The highest BCUT2D eigenvalue weighted by atomic mass is 19.4. The van der Waals surface area contributed by atoms with Crippen LogP contribution in [0.4, 0.5) is 13.2 Å². The lowest BCUT2D eigenvalue weighted by molar-refractivity contribution is -0.288.